The first-order valence-electron chi connectivity index (χ1n) is 7.65. The molecule has 0 bridgehead atoms. The standard InChI is InChI=1S/C16H24N4O/c1-4-17-11-13-15(18-14-7-5-6-8-19(13)14)20-9-10-21-12-16(20,2)3/h5-8,17H,4,9-12H2,1-3H3. The molecule has 2 aromatic rings. The summed E-state index contributed by atoms with van der Waals surface area (Å²) in [6.45, 7) is 10.7. The van der Waals surface area contributed by atoms with Crippen molar-refractivity contribution in [2.75, 3.05) is 31.2 Å². The van der Waals surface area contributed by atoms with E-state index in [1.54, 1.807) is 0 Å². The summed E-state index contributed by atoms with van der Waals surface area (Å²) in [6, 6.07) is 6.15. The minimum Gasteiger partial charge on any atom is -0.377 e. The van der Waals surface area contributed by atoms with Crippen LogP contribution in [-0.2, 0) is 11.3 Å². The Bertz CT molecular complexity index is 620. The number of nitrogens with one attached hydrogen (secondary N) is 1. The van der Waals surface area contributed by atoms with E-state index in [0.717, 1.165) is 44.3 Å². The fraction of sp³-hybridized carbons (Fsp3) is 0.562. The van der Waals surface area contributed by atoms with Gasteiger partial charge in [-0.15, -0.1) is 0 Å². The van der Waals surface area contributed by atoms with Crippen LogP contribution in [0.25, 0.3) is 5.65 Å². The Kier molecular flexibility index (Phi) is 3.87. The molecule has 3 heterocycles. The second-order valence-corrected chi connectivity index (χ2v) is 6.11. The molecule has 3 rings (SSSR count). The number of nitrogens with zero attached hydrogens (tertiary/aromatic N) is 3. The summed E-state index contributed by atoms with van der Waals surface area (Å²) < 4.78 is 7.82. The maximum absolute atomic E-state index is 5.64. The van der Waals surface area contributed by atoms with E-state index in [1.165, 1.54) is 5.69 Å². The number of anilines is 1. The Morgan fingerprint density at radius 3 is 3.00 bits per heavy atom. The number of hydrogen-bond acceptors (Lipinski definition) is 4. The predicted molar refractivity (Wildman–Crippen MR) is 84.8 cm³/mol. The van der Waals surface area contributed by atoms with Crippen LogP contribution >= 0.6 is 0 Å². The first-order chi connectivity index (χ1) is 10.1. The predicted octanol–water partition coefficient (Wildman–Crippen LogP) is 2.06. The third-order valence-electron chi connectivity index (χ3n) is 4.05. The van der Waals surface area contributed by atoms with Gasteiger partial charge >= 0.3 is 0 Å². The molecule has 0 amide bonds. The van der Waals surface area contributed by atoms with Crippen molar-refractivity contribution in [2.24, 2.45) is 0 Å². The van der Waals surface area contributed by atoms with Crippen molar-refractivity contribution in [3.63, 3.8) is 0 Å². The second kappa shape index (κ2) is 5.66. The van der Waals surface area contributed by atoms with Crippen LogP contribution < -0.4 is 10.2 Å². The molecule has 5 heteroatoms. The summed E-state index contributed by atoms with van der Waals surface area (Å²) in [6.07, 6.45) is 2.09. The molecule has 5 nitrogen and oxygen atoms in total. The number of fused-ring (bicyclic) bond motifs is 1. The molecular formula is C16H24N4O. The molecule has 1 N–H and O–H groups in total. The van der Waals surface area contributed by atoms with Gasteiger partial charge in [0.05, 0.1) is 24.4 Å². The Labute approximate surface area is 125 Å². The number of morpholine rings is 1. The van der Waals surface area contributed by atoms with E-state index in [4.69, 9.17) is 9.72 Å². The van der Waals surface area contributed by atoms with Crippen molar-refractivity contribution in [1.82, 2.24) is 14.7 Å². The van der Waals surface area contributed by atoms with Gasteiger partial charge < -0.3 is 19.4 Å². The van der Waals surface area contributed by atoms with Crippen LogP contribution in [0, 0.1) is 0 Å². The fourth-order valence-corrected chi connectivity index (χ4v) is 2.91. The largest absolute Gasteiger partial charge is 0.377 e. The number of aromatic nitrogens is 2. The minimum absolute atomic E-state index is 0.0306. The zero-order chi connectivity index (χ0) is 14.9. The summed E-state index contributed by atoms with van der Waals surface area (Å²) in [4.78, 5) is 7.26. The average molecular weight is 288 g/mol. The minimum atomic E-state index is -0.0306. The maximum Gasteiger partial charge on any atom is 0.153 e. The van der Waals surface area contributed by atoms with E-state index in [1.807, 2.05) is 6.07 Å². The first-order valence-corrected chi connectivity index (χ1v) is 7.65. The number of pyridine rings is 1. The van der Waals surface area contributed by atoms with Crippen molar-refractivity contribution in [3.8, 4) is 0 Å². The third-order valence-corrected chi connectivity index (χ3v) is 4.05. The highest BCUT2D eigenvalue weighted by Crippen LogP contribution is 2.30. The first kappa shape index (κ1) is 14.4. The monoisotopic (exact) mass is 288 g/mol. The molecule has 0 aliphatic carbocycles. The van der Waals surface area contributed by atoms with Crippen LogP contribution in [0.4, 0.5) is 5.82 Å². The van der Waals surface area contributed by atoms with Gasteiger partial charge in [-0.3, -0.25) is 0 Å². The molecule has 2 aromatic heterocycles. The molecule has 0 saturated carbocycles. The van der Waals surface area contributed by atoms with Crippen molar-refractivity contribution in [1.29, 1.82) is 0 Å². The Hall–Kier alpha value is -1.59. The van der Waals surface area contributed by atoms with E-state index < -0.39 is 0 Å². The van der Waals surface area contributed by atoms with Gasteiger partial charge in [0, 0.05) is 19.3 Å². The van der Waals surface area contributed by atoms with Crippen LogP contribution in [0.15, 0.2) is 24.4 Å². The van der Waals surface area contributed by atoms with Crippen LogP contribution in [0.3, 0.4) is 0 Å². The Morgan fingerprint density at radius 2 is 2.24 bits per heavy atom. The Balaban J connectivity index is 2.07. The van der Waals surface area contributed by atoms with Gasteiger partial charge in [0.15, 0.2) is 5.82 Å². The highest BCUT2D eigenvalue weighted by atomic mass is 16.5. The SMILES string of the molecule is CCNCc1c(N2CCOCC2(C)C)nc2ccccn12. The zero-order valence-corrected chi connectivity index (χ0v) is 13.1. The molecule has 1 saturated heterocycles. The van der Waals surface area contributed by atoms with Crippen molar-refractivity contribution in [3.05, 3.63) is 30.1 Å². The van der Waals surface area contributed by atoms with E-state index in [0.29, 0.717) is 0 Å². The summed E-state index contributed by atoms with van der Waals surface area (Å²) >= 11 is 0. The smallest absolute Gasteiger partial charge is 0.153 e. The van der Waals surface area contributed by atoms with E-state index in [-0.39, 0.29) is 5.54 Å². The number of rotatable bonds is 4. The molecular weight excluding hydrogens is 264 g/mol. The second-order valence-electron chi connectivity index (χ2n) is 6.11. The lowest BCUT2D eigenvalue weighted by Crippen LogP contribution is -2.53. The van der Waals surface area contributed by atoms with Crippen LogP contribution in [-0.4, -0.2) is 41.2 Å². The number of imidazole rings is 1. The average Bonchev–Trinajstić information content (AvgIpc) is 2.83. The molecule has 0 unspecified atom stereocenters. The molecule has 1 fully saturated rings. The lowest BCUT2D eigenvalue weighted by Gasteiger charge is -2.42. The lowest BCUT2D eigenvalue weighted by atomic mass is 10.0. The van der Waals surface area contributed by atoms with Gasteiger partial charge in [-0.25, -0.2) is 4.98 Å². The normalized spacial score (nSPS) is 18.3. The maximum atomic E-state index is 5.64. The van der Waals surface area contributed by atoms with Crippen molar-refractivity contribution in [2.45, 2.75) is 32.9 Å². The third kappa shape index (κ3) is 2.63. The summed E-state index contributed by atoms with van der Waals surface area (Å²) in [7, 11) is 0. The molecule has 21 heavy (non-hydrogen) atoms. The number of hydrogen-bond donors (Lipinski definition) is 1. The zero-order valence-electron chi connectivity index (χ0n) is 13.1. The quantitative estimate of drug-likeness (QED) is 0.935. The van der Waals surface area contributed by atoms with Gasteiger partial charge in [-0.2, -0.15) is 0 Å². The molecule has 0 atom stereocenters. The van der Waals surface area contributed by atoms with Gasteiger partial charge in [0.1, 0.15) is 5.65 Å². The van der Waals surface area contributed by atoms with Crippen LogP contribution in [0.1, 0.15) is 26.5 Å². The molecule has 1 aliphatic rings. The van der Waals surface area contributed by atoms with Crippen molar-refractivity contribution >= 4 is 11.5 Å². The van der Waals surface area contributed by atoms with Gasteiger partial charge in [0.2, 0.25) is 0 Å². The molecule has 0 radical (unpaired) electrons. The highest BCUT2D eigenvalue weighted by molar-refractivity contribution is 5.57. The van der Waals surface area contributed by atoms with Crippen LogP contribution in [0.2, 0.25) is 0 Å². The molecule has 0 spiro atoms. The van der Waals surface area contributed by atoms with Crippen molar-refractivity contribution < 1.29 is 4.74 Å². The van der Waals surface area contributed by atoms with E-state index >= 15 is 0 Å². The Morgan fingerprint density at radius 1 is 1.38 bits per heavy atom. The van der Waals surface area contributed by atoms with E-state index in [2.05, 4.69) is 53.7 Å². The van der Waals surface area contributed by atoms with E-state index in [9.17, 15) is 0 Å². The summed E-state index contributed by atoms with van der Waals surface area (Å²) in [5.41, 5.74) is 2.20. The summed E-state index contributed by atoms with van der Waals surface area (Å²) in [5.74, 6) is 1.08. The number of ether oxygens (including phenoxy) is 1. The van der Waals surface area contributed by atoms with Gasteiger partial charge in [-0.05, 0) is 32.5 Å². The molecule has 1 aliphatic heterocycles. The molecule has 114 valence electrons. The van der Waals surface area contributed by atoms with Crippen LogP contribution in [0.5, 0.6) is 0 Å². The molecule has 0 aromatic carbocycles. The van der Waals surface area contributed by atoms with Gasteiger partial charge in [0.25, 0.3) is 0 Å². The van der Waals surface area contributed by atoms with Gasteiger partial charge in [-0.1, -0.05) is 13.0 Å². The topological polar surface area (TPSA) is 41.8 Å². The highest BCUT2D eigenvalue weighted by Gasteiger charge is 2.33. The fourth-order valence-electron chi connectivity index (χ4n) is 2.91. The summed E-state index contributed by atoms with van der Waals surface area (Å²) in [5, 5.41) is 3.43. The lowest BCUT2D eigenvalue weighted by molar-refractivity contribution is 0.0638.